The van der Waals surface area contributed by atoms with Crippen LogP contribution in [-0.2, 0) is 0 Å². The molecule has 2 heterocycles. The summed E-state index contributed by atoms with van der Waals surface area (Å²) in [5.41, 5.74) is 3.75. The smallest absolute Gasteiger partial charge is 0.322 e. The van der Waals surface area contributed by atoms with Crippen molar-refractivity contribution in [2.75, 3.05) is 5.32 Å². The van der Waals surface area contributed by atoms with Crippen LogP contribution < -0.4 is 10.6 Å². The van der Waals surface area contributed by atoms with Crippen LogP contribution in [0.2, 0.25) is 0 Å². The maximum absolute atomic E-state index is 13.0. The molecule has 2 aliphatic rings. The minimum atomic E-state index is -0.0197. The number of hydrogen-bond acceptors (Lipinski definition) is 2. The van der Waals surface area contributed by atoms with E-state index in [-0.39, 0.29) is 30.1 Å². The van der Waals surface area contributed by atoms with Crippen LogP contribution in [0.1, 0.15) is 53.6 Å². The van der Waals surface area contributed by atoms with Gasteiger partial charge in [0.2, 0.25) is 0 Å². The topological polar surface area (TPSA) is 61.4 Å². The summed E-state index contributed by atoms with van der Waals surface area (Å²) in [5, 5.41) is 6.28. The van der Waals surface area contributed by atoms with Crippen LogP contribution in [0.15, 0.2) is 48.5 Å². The quantitative estimate of drug-likeness (QED) is 0.800. The van der Waals surface area contributed by atoms with Crippen LogP contribution in [0.4, 0.5) is 10.5 Å². The van der Waals surface area contributed by atoms with E-state index in [1.165, 1.54) is 0 Å². The molecule has 0 spiro atoms. The molecule has 0 aliphatic carbocycles. The van der Waals surface area contributed by atoms with Gasteiger partial charge in [-0.2, -0.15) is 0 Å². The number of piperidine rings is 2. The second-order valence-corrected chi connectivity index (χ2v) is 8.46. The zero-order valence-corrected chi connectivity index (χ0v) is 17.2. The number of nitrogens with one attached hydrogen (secondary N) is 2. The lowest BCUT2D eigenvalue weighted by molar-refractivity contribution is 0.0577. The minimum Gasteiger partial charge on any atom is -0.349 e. The van der Waals surface area contributed by atoms with Crippen molar-refractivity contribution < 1.29 is 9.59 Å². The number of carbonyl (C=O) groups is 2. The van der Waals surface area contributed by atoms with Crippen LogP contribution in [-0.4, -0.2) is 35.0 Å². The first kappa shape index (κ1) is 19.5. The van der Waals surface area contributed by atoms with Gasteiger partial charge in [-0.1, -0.05) is 29.8 Å². The van der Waals surface area contributed by atoms with Gasteiger partial charge < -0.3 is 15.5 Å². The molecule has 2 bridgehead atoms. The third kappa shape index (κ3) is 4.44. The summed E-state index contributed by atoms with van der Waals surface area (Å²) in [4.78, 5) is 27.7. The number of carbonyl (C=O) groups excluding carboxylic acids is 2. The van der Waals surface area contributed by atoms with Crippen LogP contribution >= 0.6 is 0 Å². The van der Waals surface area contributed by atoms with Crippen LogP contribution in [0.5, 0.6) is 0 Å². The molecule has 3 atom stereocenters. The van der Waals surface area contributed by atoms with Crippen molar-refractivity contribution in [3.8, 4) is 0 Å². The lowest BCUT2D eigenvalue weighted by Gasteiger charge is -2.48. The normalized spacial score (nSPS) is 23.4. The standard InChI is InChI=1S/C24H29N3O2/c1-16-6-3-8-18(12-16)23(28)25-20-14-21-10-5-11-22(15-20)27(21)24(29)26-19-9-4-7-17(2)13-19/h3-4,6-9,12-13,20-22H,5,10-11,14-15H2,1-2H3,(H,25,28)(H,26,29)/t20?,21-,22+. The third-order valence-electron chi connectivity index (χ3n) is 6.09. The van der Waals surface area contributed by atoms with E-state index in [4.69, 9.17) is 0 Å². The summed E-state index contributed by atoms with van der Waals surface area (Å²) < 4.78 is 0. The fourth-order valence-electron chi connectivity index (χ4n) is 4.80. The molecule has 2 aromatic carbocycles. The summed E-state index contributed by atoms with van der Waals surface area (Å²) in [6.45, 7) is 4.01. The number of nitrogens with zero attached hydrogens (tertiary/aromatic N) is 1. The molecule has 29 heavy (non-hydrogen) atoms. The fraction of sp³-hybridized carbons (Fsp3) is 0.417. The fourth-order valence-corrected chi connectivity index (χ4v) is 4.80. The highest BCUT2D eigenvalue weighted by Crippen LogP contribution is 2.34. The van der Waals surface area contributed by atoms with Crippen molar-refractivity contribution in [2.24, 2.45) is 0 Å². The Morgan fingerprint density at radius 1 is 0.931 bits per heavy atom. The van der Waals surface area contributed by atoms with Gasteiger partial charge in [0.05, 0.1) is 0 Å². The number of anilines is 1. The molecule has 1 unspecified atom stereocenters. The molecule has 2 N–H and O–H groups in total. The second kappa shape index (κ2) is 8.27. The third-order valence-corrected chi connectivity index (χ3v) is 6.09. The van der Waals surface area contributed by atoms with E-state index >= 15 is 0 Å². The Balaban J connectivity index is 1.42. The van der Waals surface area contributed by atoms with Crippen LogP contribution in [0.25, 0.3) is 0 Å². The van der Waals surface area contributed by atoms with E-state index in [9.17, 15) is 9.59 Å². The first-order valence-electron chi connectivity index (χ1n) is 10.5. The number of hydrogen-bond donors (Lipinski definition) is 2. The maximum Gasteiger partial charge on any atom is 0.322 e. The van der Waals surface area contributed by atoms with Gasteiger partial charge in [0.1, 0.15) is 0 Å². The molecule has 152 valence electrons. The molecular weight excluding hydrogens is 362 g/mol. The zero-order valence-electron chi connectivity index (χ0n) is 17.2. The molecule has 2 saturated heterocycles. The molecule has 5 heteroatoms. The first-order valence-corrected chi connectivity index (χ1v) is 10.5. The Kier molecular flexibility index (Phi) is 5.56. The van der Waals surface area contributed by atoms with E-state index in [1.54, 1.807) is 0 Å². The highest BCUT2D eigenvalue weighted by molar-refractivity contribution is 5.94. The molecular formula is C24H29N3O2. The van der Waals surface area contributed by atoms with Crippen molar-refractivity contribution in [3.63, 3.8) is 0 Å². The van der Waals surface area contributed by atoms with Gasteiger partial charge in [-0.05, 0) is 75.8 Å². The zero-order chi connectivity index (χ0) is 20.4. The van der Waals surface area contributed by atoms with Crippen LogP contribution in [0.3, 0.4) is 0 Å². The van der Waals surface area contributed by atoms with Crippen molar-refractivity contribution in [3.05, 3.63) is 65.2 Å². The van der Waals surface area contributed by atoms with Gasteiger partial charge in [-0.3, -0.25) is 4.79 Å². The van der Waals surface area contributed by atoms with Crippen molar-refractivity contribution in [1.82, 2.24) is 10.2 Å². The number of urea groups is 1. The minimum absolute atomic E-state index is 0.0190. The van der Waals surface area contributed by atoms with E-state index in [0.717, 1.165) is 48.9 Å². The van der Waals surface area contributed by atoms with Crippen molar-refractivity contribution in [2.45, 2.75) is 64.1 Å². The molecule has 2 aliphatic heterocycles. The predicted octanol–water partition coefficient (Wildman–Crippen LogP) is 4.65. The molecule has 0 saturated carbocycles. The lowest BCUT2D eigenvalue weighted by Crippen LogP contribution is -2.59. The summed E-state index contributed by atoms with van der Waals surface area (Å²) in [7, 11) is 0. The van der Waals surface area contributed by atoms with Gasteiger partial charge in [0.25, 0.3) is 5.91 Å². The van der Waals surface area contributed by atoms with Gasteiger partial charge in [-0.25, -0.2) is 4.79 Å². The summed E-state index contributed by atoms with van der Waals surface area (Å²) in [6, 6.07) is 16.0. The maximum atomic E-state index is 13.0. The Morgan fingerprint density at radius 2 is 1.59 bits per heavy atom. The van der Waals surface area contributed by atoms with E-state index in [1.807, 2.05) is 67.3 Å². The molecule has 3 amide bonds. The molecule has 0 aromatic heterocycles. The molecule has 5 nitrogen and oxygen atoms in total. The number of benzene rings is 2. The number of fused-ring (bicyclic) bond motifs is 2. The molecule has 0 radical (unpaired) electrons. The monoisotopic (exact) mass is 391 g/mol. The Hall–Kier alpha value is -2.82. The largest absolute Gasteiger partial charge is 0.349 e. The van der Waals surface area contributed by atoms with Gasteiger partial charge >= 0.3 is 6.03 Å². The SMILES string of the molecule is Cc1cccc(NC(=O)N2[C@@H]3CCC[C@H]2CC(NC(=O)c2cccc(C)c2)C3)c1. The molecule has 2 fully saturated rings. The van der Waals surface area contributed by atoms with Gasteiger partial charge in [-0.15, -0.1) is 0 Å². The average molecular weight is 392 g/mol. The Morgan fingerprint density at radius 3 is 2.24 bits per heavy atom. The number of aryl methyl sites for hydroxylation is 2. The van der Waals surface area contributed by atoms with Gasteiger partial charge in [0, 0.05) is 29.4 Å². The van der Waals surface area contributed by atoms with Crippen molar-refractivity contribution in [1.29, 1.82) is 0 Å². The van der Waals surface area contributed by atoms with Crippen molar-refractivity contribution >= 4 is 17.6 Å². The Bertz CT molecular complexity index is 897. The predicted molar refractivity (Wildman–Crippen MR) is 115 cm³/mol. The average Bonchev–Trinajstić information content (AvgIpc) is 2.67. The van der Waals surface area contributed by atoms with E-state index in [2.05, 4.69) is 10.6 Å². The van der Waals surface area contributed by atoms with Crippen LogP contribution in [0, 0.1) is 13.8 Å². The highest BCUT2D eigenvalue weighted by atomic mass is 16.2. The summed E-state index contributed by atoms with van der Waals surface area (Å²) >= 11 is 0. The number of amides is 3. The van der Waals surface area contributed by atoms with E-state index < -0.39 is 0 Å². The second-order valence-electron chi connectivity index (χ2n) is 8.46. The Labute approximate surface area is 172 Å². The molecule has 2 aromatic rings. The summed E-state index contributed by atoms with van der Waals surface area (Å²) in [6.07, 6.45) is 4.76. The number of rotatable bonds is 3. The van der Waals surface area contributed by atoms with E-state index in [0.29, 0.717) is 5.56 Å². The lowest BCUT2D eigenvalue weighted by atomic mass is 9.82. The molecule has 4 rings (SSSR count). The first-order chi connectivity index (χ1) is 14.0. The highest BCUT2D eigenvalue weighted by Gasteiger charge is 2.41. The summed E-state index contributed by atoms with van der Waals surface area (Å²) in [5.74, 6) is -0.0190. The van der Waals surface area contributed by atoms with Gasteiger partial charge in [0.15, 0.2) is 0 Å².